The van der Waals surface area contributed by atoms with Gasteiger partial charge in [-0.2, -0.15) is 5.10 Å². The highest BCUT2D eigenvalue weighted by atomic mass is 16.5. The number of hydrogen-bond donors (Lipinski definition) is 2. The Morgan fingerprint density at radius 3 is 2.82 bits per heavy atom. The zero-order valence-electron chi connectivity index (χ0n) is 19.5. The molecule has 1 aromatic heterocycles. The summed E-state index contributed by atoms with van der Waals surface area (Å²) in [6, 6.07) is 16.8. The lowest BCUT2D eigenvalue weighted by Gasteiger charge is -2.17. The molecule has 0 spiro atoms. The van der Waals surface area contributed by atoms with Gasteiger partial charge in [0.05, 0.1) is 19.8 Å². The van der Waals surface area contributed by atoms with Gasteiger partial charge in [0.15, 0.2) is 5.96 Å². The van der Waals surface area contributed by atoms with Gasteiger partial charge in [0.1, 0.15) is 5.75 Å². The fraction of sp³-hybridized carbons (Fsp3) is 0.385. The third-order valence-corrected chi connectivity index (χ3v) is 5.75. The van der Waals surface area contributed by atoms with E-state index in [4.69, 9.17) is 9.47 Å². The number of rotatable bonds is 9. The van der Waals surface area contributed by atoms with Crippen LogP contribution < -0.4 is 15.4 Å². The highest BCUT2D eigenvalue weighted by Crippen LogP contribution is 2.22. The molecule has 4 rings (SSSR count). The first-order chi connectivity index (χ1) is 16.2. The Hall–Kier alpha value is -3.32. The normalized spacial score (nSPS) is 16.1. The number of guanidine groups is 1. The van der Waals surface area contributed by atoms with Crippen molar-refractivity contribution >= 4 is 5.96 Å². The van der Waals surface area contributed by atoms with Crippen LogP contribution in [0.1, 0.15) is 28.7 Å². The van der Waals surface area contributed by atoms with Gasteiger partial charge in [0.25, 0.3) is 0 Å². The summed E-state index contributed by atoms with van der Waals surface area (Å²) in [4.78, 5) is 4.38. The van der Waals surface area contributed by atoms with Crippen LogP contribution in [0.15, 0.2) is 65.9 Å². The molecule has 7 nitrogen and oxygen atoms in total. The largest absolute Gasteiger partial charge is 0.493 e. The van der Waals surface area contributed by atoms with Crippen LogP contribution in [0.2, 0.25) is 0 Å². The predicted octanol–water partition coefficient (Wildman–Crippen LogP) is 3.52. The molecule has 2 N–H and O–H groups in total. The second kappa shape index (κ2) is 11.5. The Morgan fingerprint density at radius 1 is 1.15 bits per heavy atom. The second-order valence-corrected chi connectivity index (χ2v) is 8.45. The third-order valence-electron chi connectivity index (χ3n) is 5.75. The number of nitrogens with zero attached hydrogens (tertiary/aromatic N) is 3. The van der Waals surface area contributed by atoms with Crippen LogP contribution in [0.3, 0.4) is 0 Å². The van der Waals surface area contributed by atoms with Gasteiger partial charge in [-0.3, -0.25) is 9.67 Å². The molecular weight excluding hydrogens is 414 g/mol. The molecule has 0 aliphatic carbocycles. The maximum absolute atomic E-state index is 6.17. The van der Waals surface area contributed by atoms with E-state index in [9.17, 15) is 0 Å². The van der Waals surface area contributed by atoms with Crippen molar-refractivity contribution in [1.82, 2.24) is 20.4 Å². The molecule has 1 atom stereocenters. The van der Waals surface area contributed by atoms with Gasteiger partial charge in [-0.15, -0.1) is 0 Å². The van der Waals surface area contributed by atoms with Crippen molar-refractivity contribution in [2.24, 2.45) is 10.9 Å². The van der Waals surface area contributed by atoms with E-state index < -0.39 is 0 Å². The zero-order valence-corrected chi connectivity index (χ0v) is 19.5. The molecule has 0 radical (unpaired) electrons. The molecule has 0 saturated carbocycles. The van der Waals surface area contributed by atoms with Crippen molar-refractivity contribution in [1.29, 1.82) is 0 Å². The topological polar surface area (TPSA) is 72.7 Å². The van der Waals surface area contributed by atoms with E-state index in [0.717, 1.165) is 43.5 Å². The number of aromatic nitrogens is 2. The van der Waals surface area contributed by atoms with Crippen molar-refractivity contribution in [3.63, 3.8) is 0 Å². The first-order valence-corrected chi connectivity index (χ1v) is 11.5. The number of aryl methyl sites for hydroxylation is 1. The first kappa shape index (κ1) is 22.9. The minimum absolute atomic E-state index is 0.477. The van der Waals surface area contributed by atoms with E-state index in [1.165, 1.54) is 16.7 Å². The van der Waals surface area contributed by atoms with Crippen LogP contribution in [0.4, 0.5) is 0 Å². The average molecular weight is 448 g/mol. The molecule has 2 aromatic carbocycles. The molecule has 2 heterocycles. The summed E-state index contributed by atoms with van der Waals surface area (Å²) in [7, 11) is 1.79. The molecule has 0 amide bonds. The van der Waals surface area contributed by atoms with Crippen LogP contribution in [-0.4, -0.2) is 42.6 Å². The summed E-state index contributed by atoms with van der Waals surface area (Å²) >= 11 is 0. The monoisotopic (exact) mass is 447 g/mol. The Bertz CT molecular complexity index is 1040. The maximum Gasteiger partial charge on any atom is 0.191 e. The van der Waals surface area contributed by atoms with E-state index in [2.05, 4.69) is 70.1 Å². The van der Waals surface area contributed by atoms with Gasteiger partial charge < -0.3 is 20.1 Å². The highest BCUT2D eigenvalue weighted by Gasteiger charge is 2.17. The van der Waals surface area contributed by atoms with Gasteiger partial charge >= 0.3 is 0 Å². The minimum Gasteiger partial charge on any atom is -0.493 e. The van der Waals surface area contributed by atoms with Crippen LogP contribution in [0.25, 0.3) is 0 Å². The lowest BCUT2D eigenvalue weighted by atomic mass is 10.1. The Kier molecular flexibility index (Phi) is 7.98. The number of hydrogen-bond acceptors (Lipinski definition) is 4. The third kappa shape index (κ3) is 6.83. The highest BCUT2D eigenvalue weighted by molar-refractivity contribution is 5.79. The molecule has 1 fully saturated rings. The molecular formula is C26H33N5O2. The Labute approximate surface area is 195 Å². The molecule has 1 saturated heterocycles. The lowest BCUT2D eigenvalue weighted by molar-refractivity contribution is 0.166. The second-order valence-electron chi connectivity index (χ2n) is 8.45. The van der Waals surface area contributed by atoms with E-state index >= 15 is 0 Å². The van der Waals surface area contributed by atoms with Crippen molar-refractivity contribution in [2.45, 2.75) is 33.0 Å². The number of aliphatic imine (C=N–C) groups is 1. The molecule has 1 aliphatic rings. The van der Waals surface area contributed by atoms with E-state index in [1.54, 1.807) is 13.2 Å². The first-order valence-electron chi connectivity index (χ1n) is 11.5. The Balaban J connectivity index is 1.31. The summed E-state index contributed by atoms with van der Waals surface area (Å²) < 4.78 is 13.6. The van der Waals surface area contributed by atoms with E-state index in [1.807, 2.05) is 16.9 Å². The summed E-state index contributed by atoms with van der Waals surface area (Å²) in [5, 5.41) is 11.1. The van der Waals surface area contributed by atoms with Crippen LogP contribution in [-0.2, 0) is 24.4 Å². The van der Waals surface area contributed by atoms with Gasteiger partial charge in [-0.1, -0.05) is 36.4 Å². The Morgan fingerprint density at radius 2 is 2.03 bits per heavy atom. The molecule has 0 bridgehead atoms. The standard InChI is InChI=1S/C26H33N5O2/c1-20-7-8-24(25(13-20)33-19-23-9-12-32-18-23)16-29-26(27-2)28-15-21-5-3-6-22(14-21)17-31-11-4-10-30-31/h3-8,10-11,13-14,23H,9,12,15-19H2,1-2H3,(H2,27,28,29). The van der Waals surface area contributed by atoms with Gasteiger partial charge in [0.2, 0.25) is 0 Å². The summed E-state index contributed by atoms with van der Waals surface area (Å²) in [6.07, 6.45) is 4.84. The molecule has 174 valence electrons. The fourth-order valence-corrected chi connectivity index (χ4v) is 3.87. The molecule has 1 aliphatic heterocycles. The molecule has 7 heteroatoms. The number of benzene rings is 2. The van der Waals surface area contributed by atoms with Gasteiger partial charge in [0, 0.05) is 50.6 Å². The van der Waals surface area contributed by atoms with Gasteiger partial charge in [-0.05, 0) is 42.2 Å². The molecule has 3 aromatic rings. The van der Waals surface area contributed by atoms with Crippen molar-refractivity contribution in [3.8, 4) is 5.75 Å². The summed E-state index contributed by atoms with van der Waals surface area (Å²) in [5.74, 6) is 2.16. The van der Waals surface area contributed by atoms with E-state index in [0.29, 0.717) is 25.6 Å². The van der Waals surface area contributed by atoms with Crippen molar-refractivity contribution in [3.05, 3.63) is 83.2 Å². The molecule has 1 unspecified atom stereocenters. The lowest BCUT2D eigenvalue weighted by Crippen LogP contribution is -2.36. The predicted molar refractivity (Wildman–Crippen MR) is 130 cm³/mol. The van der Waals surface area contributed by atoms with Crippen molar-refractivity contribution in [2.75, 3.05) is 26.9 Å². The van der Waals surface area contributed by atoms with Crippen LogP contribution in [0.5, 0.6) is 5.75 Å². The van der Waals surface area contributed by atoms with E-state index in [-0.39, 0.29) is 0 Å². The average Bonchev–Trinajstić information content (AvgIpc) is 3.53. The number of nitrogens with one attached hydrogen (secondary N) is 2. The van der Waals surface area contributed by atoms with Crippen LogP contribution >= 0.6 is 0 Å². The smallest absolute Gasteiger partial charge is 0.191 e. The van der Waals surface area contributed by atoms with Crippen LogP contribution in [0, 0.1) is 12.8 Å². The SMILES string of the molecule is CN=C(NCc1cccc(Cn2cccn2)c1)NCc1ccc(C)cc1OCC1CCOC1. The van der Waals surface area contributed by atoms with Crippen molar-refractivity contribution < 1.29 is 9.47 Å². The molecule has 33 heavy (non-hydrogen) atoms. The fourth-order valence-electron chi connectivity index (χ4n) is 3.87. The minimum atomic E-state index is 0.477. The maximum atomic E-state index is 6.17. The zero-order chi connectivity index (χ0) is 22.9. The van der Waals surface area contributed by atoms with Gasteiger partial charge in [-0.25, -0.2) is 0 Å². The quantitative estimate of drug-likeness (QED) is 0.388. The summed E-state index contributed by atoms with van der Waals surface area (Å²) in [6.45, 7) is 6.49. The summed E-state index contributed by atoms with van der Waals surface area (Å²) in [5.41, 5.74) is 4.72. The number of ether oxygens (including phenoxy) is 2.